The van der Waals surface area contributed by atoms with Gasteiger partial charge in [0.05, 0.1) is 36.8 Å². The molecule has 3 aromatic rings. The summed E-state index contributed by atoms with van der Waals surface area (Å²) >= 11 is 0. The number of rotatable bonds is 7. The number of pyridine rings is 1. The van der Waals surface area contributed by atoms with Gasteiger partial charge in [-0.25, -0.2) is 0 Å². The summed E-state index contributed by atoms with van der Waals surface area (Å²) in [6, 6.07) is 8.60. The van der Waals surface area contributed by atoms with Gasteiger partial charge in [-0.1, -0.05) is 12.0 Å². The van der Waals surface area contributed by atoms with Crippen molar-refractivity contribution in [3.63, 3.8) is 0 Å². The van der Waals surface area contributed by atoms with Gasteiger partial charge >= 0.3 is 6.18 Å². The van der Waals surface area contributed by atoms with Crippen LogP contribution >= 0.6 is 0 Å². The lowest BCUT2D eigenvalue weighted by Gasteiger charge is -2.40. The average Bonchev–Trinajstić information content (AvgIpc) is 3.46. The first-order valence-corrected chi connectivity index (χ1v) is 12.7. The monoisotopic (exact) mass is 513 g/mol. The highest BCUT2D eigenvalue weighted by Gasteiger charge is 2.42. The minimum atomic E-state index is -4.34. The Kier molecular flexibility index (Phi) is 7.15. The number of likely N-dealkylation sites (tertiary alicyclic amines) is 1. The number of halogens is 4. The van der Waals surface area contributed by atoms with E-state index in [0.29, 0.717) is 24.1 Å². The molecule has 2 N–H and O–H groups in total. The Hall–Kier alpha value is -3.09. The van der Waals surface area contributed by atoms with E-state index in [0.717, 1.165) is 53.9 Å². The van der Waals surface area contributed by atoms with Crippen LogP contribution in [0.15, 0.2) is 36.5 Å². The van der Waals surface area contributed by atoms with Crippen LogP contribution in [0.1, 0.15) is 48.3 Å². The largest absolute Gasteiger partial charge is 0.401 e. The van der Waals surface area contributed by atoms with Gasteiger partial charge in [0.2, 0.25) is 0 Å². The van der Waals surface area contributed by atoms with Crippen LogP contribution in [-0.4, -0.2) is 70.9 Å². The molecule has 0 saturated carbocycles. The molecule has 5 nitrogen and oxygen atoms in total. The number of fused-ring (bicyclic) bond motifs is 3. The molecule has 1 fully saturated rings. The molecule has 9 heteroatoms. The van der Waals surface area contributed by atoms with Crippen LogP contribution in [0, 0.1) is 12.3 Å². The lowest BCUT2D eigenvalue weighted by molar-refractivity contribution is -0.155. The fourth-order valence-corrected chi connectivity index (χ4v) is 5.75. The third-order valence-corrected chi connectivity index (χ3v) is 7.46. The van der Waals surface area contributed by atoms with Gasteiger partial charge in [0.25, 0.3) is 0 Å². The smallest absolute Gasteiger partial charge is 0.380 e. The van der Waals surface area contributed by atoms with E-state index in [1.165, 1.54) is 4.90 Å². The third-order valence-electron chi connectivity index (χ3n) is 7.46. The number of alkyl halides is 4. The van der Waals surface area contributed by atoms with Crippen LogP contribution in [0.5, 0.6) is 0 Å². The zero-order valence-electron chi connectivity index (χ0n) is 20.8. The molecule has 4 heterocycles. The molecule has 196 valence electrons. The minimum Gasteiger partial charge on any atom is -0.380 e. The van der Waals surface area contributed by atoms with E-state index >= 15 is 0 Å². The van der Waals surface area contributed by atoms with Crippen molar-refractivity contribution in [2.45, 2.75) is 50.5 Å². The fourth-order valence-electron chi connectivity index (χ4n) is 5.75. The Bertz CT molecular complexity index is 1280. The molecule has 2 aliphatic heterocycles. The van der Waals surface area contributed by atoms with E-state index in [4.69, 9.17) is 6.42 Å². The van der Waals surface area contributed by atoms with Gasteiger partial charge in [0.15, 0.2) is 0 Å². The molecule has 0 spiro atoms. The van der Waals surface area contributed by atoms with E-state index < -0.39 is 18.8 Å². The Morgan fingerprint density at radius 2 is 2.08 bits per heavy atom. The molecular formula is C28H31F4N5. The molecule has 3 atom stereocenters. The Morgan fingerprint density at radius 3 is 2.78 bits per heavy atom. The second-order valence-electron chi connectivity index (χ2n) is 10.1. The van der Waals surface area contributed by atoms with Crippen molar-refractivity contribution < 1.29 is 17.6 Å². The van der Waals surface area contributed by atoms with E-state index in [9.17, 15) is 17.6 Å². The van der Waals surface area contributed by atoms with Gasteiger partial charge in [-0.05, 0) is 56.0 Å². The number of terminal acetylenes is 1. The highest BCUT2D eigenvalue weighted by molar-refractivity contribution is 5.86. The van der Waals surface area contributed by atoms with E-state index in [1.807, 2.05) is 37.3 Å². The lowest BCUT2D eigenvalue weighted by atomic mass is 9.90. The van der Waals surface area contributed by atoms with Crippen molar-refractivity contribution in [3.8, 4) is 12.3 Å². The molecule has 0 amide bonds. The molecule has 37 heavy (non-hydrogen) atoms. The quantitative estimate of drug-likeness (QED) is 0.333. The number of H-pyrrole nitrogens is 1. The zero-order valence-corrected chi connectivity index (χ0v) is 20.8. The number of aromatic nitrogens is 2. The first kappa shape index (κ1) is 25.6. The van der Waals surface area contributed by atoms with Crippen LogP contribution in [0.3, 0.4) is 0 Å². The van der Waals surface area contributed by atoms with Crippen molar-refractivity contribution in [3.05, 3.63) is 59.0 Å². The summed E-state index contributed by atoms with van der Waals surface area (Å²) in [6.07, 6.45) is 4.91. The molecule has 1 aromatic carbocycles. The van der Waals surface area contributed by atoms with Crippen molar-refractivity contribution in [1.82, 2.24) is 19.8 Å². The van der Waals surface area contributed by atoms with Crippen LogP contribution in [0.2, 0.25) is 0 Å². The Morgan fingerprint density at radius 1 is 1.24 bits per heavy atom. The van der Waals surface area contributed by atoms with Crippen LogP contribution in [-0.2, 0) is 6.42 Å². The predicted molar refractivity (Wildman–Crippen MR) is 137 cm³/mol. The number of aromatic amines is 1. The summed E-state index contributed by atoms with van der Waals surface area (Å²) in [6.45, 7) is 2.99. The molecule has 3 unspecified atom stereocenters. The van der Waals surface area contributed by atoms with Gasteiger partial charge in [-0.15, -0.1) is 6.42 Å². The third kappa shape index (κ3) is 5.46. The maximum Gasteiger partial charge on any atom is 0.401 e. The van der Waals surface area contributed by atoms with Gasteiger partial charge in [0.1, 0.15) is 0 Å². The van der Waals surface area contributed by atoms with Crippen LogP contribution < -0.4 is 5.32 Å². The number of hydrogen-bond donors (Lipinski definition) is 2. The summed E-state index contributed by atoms with van der Waals surface area (Å²) in [4.78, 5) is 11.7. The summed E-state index contributed by atoms with van der Waals surface area (Å²) in [5, 5.41) is 4.45. The summed E-state index contributed by atoms with van der Waals surface area (Å²) in [5.74, 6) is 2.62. The number of benzene rings is 1. The first-order valence-electron chi connectivity index (χ1n) is 12.7. The number of nitrogens with one attached hydrogen (secondary N) is 2. The topological polar surface area (TPSA) is 47.2 Å². The molecule has 0 aliphatic carbocycles. The summed E-state index contributed by atoms with van der Waals surface area (Å²) in [5.41, 5.74) is 4.66. The van der Waals surface area contributed by atoms with Crippen LogP contribution in [0.4, 0.5) is 23.2 Å². The highest BCUT2D eigenvalue weighted by atomic mass is 19.4. The molecular weight excluding hydrogens is 482 g/mol. The second kappa shape index (κ2) is 10.3. The Balaban J connectivity index is 1.44. The normalized spacial score (nSPS) is 22.8. The standard InChI is InChI=1S/C28H31F4N5/c1-3-19-5-7-22-23-13-18(2)37(17-28(30,31)32)27(26(23)35-25(22)14-19)24-8-6-20(15-33-24)34-21-9-12-36(16-21)11-4-10-29/h1,5-8,14-15,18,21,27,34-35H,4,9-13,16-17H2,2H3. The maximum atomic E-state index is 13.7. The molecule has 1 saturated heterocycles. The minimum absolute atomic E-state index is 0.231. The first-order chi connectivity index (χ1) is 17.8. The van der Waals surface area contributed by atoms with Crippen molar-refractivity contribution in [2.75, 3.05) is 38.2 Å². The number of hydrogen-bond acceptors (Lipinski definition) is 4. The second-order valence-corrected chi connectivity index (χ2v) is 10.1. The number of anilines is 1. The Labute approximate surface area is 214 Å². The number of nitrogens with zero attached hydrogens (tertiary/aromatic N) is 3. The molecule has 0 bridgehead atoms. The van der Waals surface area contributed by atoms with Gasteiger partial charge in [-0.3, -0.25) is 14.3 Å². The van der Waals surface area contributed by atoms with Crippen molar-refractivity contribution in [1.29, 1.82) is 0 Å². The van der Waals surface area contributed by atoms with Crippen molar-refractivity contribution in [2.24, 2.45) is 0 Å². The lowest BCUT2D eigenvalue weighted by Crippen LogP contribution is -2.47. The summed E-state index contributed by atoms with van der Waals surface area (Å²) in [7, 11) is 0. The van der Waals surface area contributed by atoms with Gasteiger partial charge < -0.3 is 15.2 Å². The van der Waals surface area contributed by atoms with Gasteiger partial charge in [0, 0.05) is 53.9 Å². The molecule has 5 rings (SSSR count). The fraction of sp³-hybridized carbons (Fsp3) is 0.464. The molecule has 0 radical (unpaired) electrons. The predicted octanol–water partition coefficient (Wildman–Crippen LogP) is 5.29. The van der Waals surface area contributed by atoms with E-state index in [-0.39, 0.29) is 18.8 Å². The summed E-state index contributed by atoms with van der Waals surface area (Å²) < 4.78 is 53.4. The van der Waals surface area contributed by atoms with E-state index in [2.05, 4.69) is 26.1 Å². The maximum absolute atomic E-state index is 13.7. The van der Waals surface area contributed by atoms with Crippen LogP contribution in [0.25, 0.3) is 10.9 Å². The zero-order chi connectivity index (χ0) is 26.2. The molecule has 2 aromatic heterocycles. The van der Waals surface area contributed by atoms with E-state index in [1.54, 1.807) is 6.20 Å². The highest BCUT2D eigenvalue weighted by Crippen LogP contribution is 2.41. The SMILES string of the molecule is C#Cc1ccc2c3c([nH]c2c1)C(c1ccc(NC2CCN(CCCF)C2)cn1)N(CC(F)(F)F)C(C)C3. The van der Waals surface area contributed by atoms with Gasteiger partial charge in [-0.2, -0.15) is 13.2 Å². The van der Waals surface area contributed by atoms with Crippen molar-refractivity contribution >= 4 is 16.6 Å². The molecule has 2 aliphatic rings. The average molecular weight is 514 g/mol.